The minimum Gasteiger partial charge on any atom is -0.295 e. The number of carbonyl (C=O) groups excluding carboxylic acids is 1. The van der Waals surface area contributed by atoms with E-state index >= 15 is 0 Å². The number of rotatable bonds is 3. The molecule has 2 N–H and O–H groups in total. The molecular formula is C10H10N6OS. The summed E-state index contributed by atoms with van der Waals surface area (Å²) in [5, 5.41) is 10.8. The molecule has 0 atom stereocenters. The Hall–Kier alpha value is -2.22. The molecule has 0 saturated carbocycles. The molecule has 3 aromatic rings. The lowest BCUT2D eigenvalue weighted by Gasteiger charge is -2.00. The molecule has 3 rings (SSSR count). The van der Waals surface area contributed by atoms with Gasteiger partial charge in [0.05, 0.1) is 12.1 Å². The Labute approximate surface area is 106 Å². The number of aromatic amines is 1. The number of amides is 1. The summed E-state index contributed by atoms with van der Waals surface area (Å²) in [6.07, 6.45) is 3.54. The van der Waals surface area contributed by atoms with Crippen molar-refractivity contribution in [3.8, 4) is 0 Å². The van der Waals surface area contributed by atoms with Gasteiger partial charge in [0.15, 0.2) is 4.96 Å². The van der Waals surface area contributed by atoms with Gasteiger partial charge in [0.25, 0.3) is 0 Å². The molecular weight excluding hydrogens is 252 g/mol. The summed E-state index contributed by atoms with van der Waals surface area (Å²) >= 11 is 1.52. The molecule has 0 bridgehead atoms. The fourth-order valence-electron chi connectivity index (χ4n) is 1.68. The van der Waals surface area contributed by atoms with Gasteiger partial charge in [-0.2, -0.15) is 10.1 Å². The van der Waals surface area contributed by atoms with Crippen LogP contribution in [0.1, 0.15) is 11.4 Å². The highest BCUT2D eigenvalue weighted by atomic mass is 32.1. The minimum atomic E-state index is -0.141. The topological polar surface area (TPSA) is 88.0 Å². The molecule has 18 heavy (non-hydrogen) atoms. The van der Waals surface area contributed by atoms with Crippen molar-refractivity contribution in [1.82, 2.24) is 24.6 Å². The molecule has 3 heterocycles. The van der Waals surface area contributed by atoms with Crippen LogP contribution in [0.3, 0.4) is 0 Å². The zero-order chi connectivity index (χ0) is 12.5. The van der Waals surface area contributed by atoms with Crippen LogP contribution in [0.5, 0.6) is 0 Å². The summed E-state index contributed by atoms with van der Waals surface area (Å²) in [6.45, 7) is 1.93. The number of nitrogens with zero attached hydrogens (tertiary/aromatic N) is 4. The first-order valence-corrected chi connectivity index (χ1v) is 6.17. The van der Waals surface area contributed by atoms with Crippen LogP contribution in [-0.2, 0) is 11.2 Å². The predicted octanol–water partition coefficient (Wildman–Crippen LogP) is 1.00. The van der Waals surface area contributed by atoms with E-state index in [1.165, 1.54) is 17.7 Å². The van der Waals surface area contributed by atoms with Crippen molar-refractivity contribution >= 4 is 28.2 Å². The van der Waals surface area contributed by atoms with Gasteiger partial charge in [0.2, 0.25) is 11.9 Å². The van der Waals surface area contributed by atoms with Crippen LogP contribution in [0.4, 0.5) is 5.95 Å². The number of H-pyrrole nitrogens is 1. The van der Waals surface area contributed by atoms with Gasteiger partial charge in [-0.25, -0.2) is 10.1 Å². The highest BCUT2D eigenvalue weighted by molar-refractivity contribution is 7.15. The summed E-state index contributed by atoms with van der Waals surface area (Å²) in [5.41, 5.74) is 1.85. The Bertz CT molecular complexity index is 682. The van der Waals surface area contributed by atoms with E-state index in [2.05, 4.69) is 25.5 Å². The van der Waals surface area contributed by atoms with Gasteiger partial charge in [-0.15, -0.1) is 11.3 Å². The van der Waals surface area contributed by atoms with Crippen molar-refractivity contribution in [2.24, 2.45) is 0 Å². The summed E-state index contributed by atoms with van der Waals surface area (Å²) in [7, 11) is 0. The number of aromatic nitrogens is 5. The van der Waals surface area contributed by atoms with Crippen molar-refractivity contribution in [2.75, 3.05) is 5.32 Å². The van der Waals surface area contributed by atoms with Gasteiger partial charge in [-0.1, -0.05) is 0 Å². The number of anilines is 1. The molecule has 0 radical (unpaired) electrons. The molecule has 0 fully saturated rings. The molecule has 3 aromatic heterocycles. The van der Waals surface area contributed by atoms with E-state index in [4.69, 9.17) is 0 Å². The average Bonchev–Trinajstić information content (AvgIpc) is 2.98. The van der Waals surface area contributed by atoms with E-state index in [1.807, 2.05) is 22.9 Å². The van der Waals surface area contributed by atoms with Crippen molar-refractivity contribution in [2.45, 2.75) is 13.3 Å². The Kier molecular flexibility index (Phi) is 2.56. The molecule has 7 nitrogen and oxygen atoms in total. The average molecular weight is 262 g/mol. The predicted molar refractivity (Wildman–Crippen MR) is 66.5 cm³/mol. The zero-order valence-corrected chi connectivity index (χ0v) is 10.4. The van der Waals surface area contributed by atoms with Gasteiger partial charge in [0, 0.05) is 17.3 Å². The molecule has 0 aromatic carbocycles. The van der Waals surface area contributed by atoms with Crippen LogP contribution >= 0.6 is 11.3 Å². The van der Waals surface area contributed by atoms with Crippen LogP contribution in [-0.4, -0.2) is 30.5 Å². The first-order valence-electron chi connectivity index (χ1n) is 5.29. The van der Waals surface area contributed by atoms with Crippen LogP contribution < -0.4 is 5.32 Å². The molecule has 0 aliphatic carbocycles. The van der Waals surface area contributed by atoms with Gasteiger partial charge in [-0.3, -0.25) is 14.5 Å². The standard InChI is InChI=1S/C10H10N6OS/c1-6-3-16-7(4-18-10(16)13-6)2-8(17)14-9-11-5-12-15-9/h3-5H,2H2,1H3,(H2,11,12,14,15,17). The molecule has 92 valence electrons. The number of imidazole rings is 1. The lowest BCUT2D eigenvalue weighted by molar-refractivity contribution is -0.115. The quantitative estimate of drug-likeness (QED) is 0.737. The smallest absolute Gasteiger partial charge is 0.232 e. The third-order valence-electron chi connectivity index (χ3n) is 2.42. The number of aryl methyl sites for hydroxylation is 1. The van der Waals surface area contributed by atoms with Crippen LogP contribution in [0.2, 0.25) is 0 Å². The van der Waals surface area contributed by atoms with E-state index in [9.17, 15) is 4.79 Å². The number of nitrogens with one attached hydrogen (secondary N) is 2. The van der Waals surface area contributed by atoms with Crippen molar-refractivity contribution in [3.63, 3.8) is 0 Å². The van der Waals surface area contributed by atoms with Crippen LogP contribution in [0.25, 0.3) is 4.96 Å². The number of hydrogen-bond acceptors (Lipinski definition) is 5. The molecule has 0 spiro atoms. The Morgan fingerprint density at radius 2 is 2.50 bits per heavy atom. The van der Waals surface area contributed by atoms with E-state index in [0.29, 0.717) is 5.95 Å². The molecule has 0 aliphatic heterocycles. The van der Waals surface area contributed by atoms with E-state index in [1.54, 1.807) is 0 Å². The van der Waals surface area contributed by atoms with Gasteiger partial charge < -0.3 is 0 Å². The molecule has 0 unspecified atom stereocenters. The third-order valence-corrected chi connectivity index (χ3v) is 3.31. The third kappa shape index (κ3) is 1.97. The molecule has 0 aliphatic rings. The fraction of sp³-hybridized carbons (Fsp3) is 0.200. The maximum atomic E-state index is 11.8. The highest BCUT2D eigenvalue weighted by Gasteiger charge is 2.11. The minimum absolute atomic E-state index is 0.141. The maximum absolute atomic E-state index is 11.8. The number of hydrogen-bond donors (Lipinski definition) is 2. The number of fused-ring (bicyclic) bond motifs is 1. The largest absolute Gasteiger partial charge is 0.295 e. The number of thiazole rings is 1. The summed E-state index contributed by atoms with van der Waals surface area (Å²) in [6, 6.07) is 0. The molecule has 1 amide bonds. The summed E-state index contributed by atoms with van der Waals surface area (Å²) in [4.78, 5) is 20.9. The summed E-state index contributed by atoms with van der Waals surface area (Å²) < 4.78 is 1.93. The zero-order valence-electron chi connectivity index (χ0n) is 9.54. The second kappa shape index (κ2) is 4.22. The first-order chi connectivity index (χ1) is 8.72. The summed E-state index contributed by atoms with van der Waals surface area (Å²) in [5.74, 6) is 0.214. The van der Waals surface area contributed by atoms with Crippen LogP contribution in [0, 0.1) is 6.92 Å². The van der Waals surface area contributed by atoms with Crippen molar-refractivity contribution in [1.29, 1.82) is 0 Å². The lowest BCUT2D eigenvalue weighted by Crippen LogP contribution is -2.16. The Balaban J connectivity index is 1.77. The molecule has 0 saturated heterocycles. The Morgan fingerprint density at radius 3 is 3.28 bits per heavy atom. The normalized spacial score (nSPS) is 10.9. The maximum Gasteiger partial charge on any atom is 0.232 e. The molecule has 8 heteroatoms. The second-order valence-corrected chi connectivity index (χ2v) is 4.66. The monoisotopic (exact) mass is 262 g/mol. The first kappa shape index (κ1) is 10.9. The van der Waals surface area contributed by atoms with Gasteiger partial charge in [-0.05, 0) is 6.92 Å². The SMILES string of the molecule is Cc1cn2c(CC(=O)Nc3ncn[nH]3)csc2n1. The van der Waals surface area contributed by atoms with E-state index in [0.717, 1.165) is 16.3 Å². The van der Waals surface area contributed by atoms with Gasteiger partial charge >= 0.3 is 0 Å². The highest BCUT2D eigenvalue weighted by Crippen LogP contribution is 2.17. The lowest BCUT2D eigenvalue weighted by atomic mass is 10.3. The van der Waals surface area contributed by atoms with E-state index in [-0.39, 0.29) is 12.3 Å². The van der Waals surface area contributed by atoms with Crippen LogP contribution in [0.15, 0.2) is 17.9 Å². The van der Waals surface area contributed by atoms with E-state index < -0.39 is 0 Å². The Morgan fingerprint density at radius 1 is 1.61 bits per heavy atom. The van der Waals surface area contributed by atoms with Gasteiger partial charge in [0.1, 0.15) is 6.33 Å². The van der Waals surface area contributed by atoms with Crippen molar-refractivity contribution < 1.29 is 4.79 Å². The van der Waals surface area contributed by atoms with Crippen molar-refractivity contribution in [3.05, 3.63) is 29.3 Å². The fourth-order valence-corrected chi connectivity index (χ4v) is 2.59. The number of carbonyl (C=O) groups is 1. The second-order valence-electron chi connectivity index (χ2n) is 3.82.